The zero-order valence-electron chi connectivity index (χ0n) is 17.3. The van der Waals surface area contributed by atoms with Gasteiger partial charge in [0.1, 0.15) is 12.4 Å². The van der Waals surface area contributed by atoms with Crippen LogP contribution < -0.4 is 14.5 Å². The molecule has 158 valence electrons. The summed E-state index contributed by atoms with van der Waals surface area (Å²) in [7, 11) is 0.366. The Kier molecular flexibility index (Phi) is 4.63. The third kappa shape index (κ3) is 3.20. The molecule has 0 radical (unpaired) electrons. The Hall–Kier alpha value is -2.71. The Bertz CT molecular complexity index is 1200. The van der Waals surface area contributed by atoms with Crippen LogP contribution in [0.3, 0.4) is 0 Å². The lowest BCUT2D eigenvalue weighted by Gasteiger charge is -2.34. The average molecular weight is 427 g/mol. The molecule has 7 nitrogen and oxygen atoms in total. The molecule has 3 heterocycles. The van der Waals surface area contributed by atoms with Gasteiger partial charge in [-0.2, -0.15) is 0 Å². The van der Waals surface area contributed by atoms with Crippen molar-refractivity contribution in [1.82, 2.24) is 8.87 Å². The van der Waals surface area contributed by atoms with Gasteiger partial charge in [0.05, 0.1) is 22.6 Å². The van der Waals surface area contributed by atoms with Crippen LogP contribution in [-0.4, -0.2) is 70.7 Å². The van der Waals surface area contributed by atoms with Crippen LogP contribution in [0.4, 0.5) is 11.4 Å². The van der Waals surface area contributed by atoms with E-state index in [4.69, 9.17) is 4.74 Å². The van der Waals surface area contributed by atoms with Gasteiger partial charge in [-0.05, 0) is 37.4 Å². The van der Waals surface area contributed by atoms with Gasteiger partial charge >= 0.3 is 0 Å². The van der Waals surface area contributed by atoms with Gasteiger partial charge in [0, 0.05) is 56.6 Å². The molecule has 2 aromatic carbocycles. The largest absolute Gasteiger partial charge is 0.490 e. The molecule has 8 heteroatoms. The molecule has 0 bridgehead atoms. The molecule has 30 heavy (non-hydrogen) atoms. The summed E-state index contributed by atoms with van der Waals surface area (Å²) in [6.45, 7) is 5.21. The molecule has 1 fully saturated rings. The van der Waals surface area contributed by atoms with Crippen molar-refractivity contribution in [3.8, 4) is 5.75 Å². The van der Waals surface area contributed by atoms with Crippen molar-refractivity contribution in [3.05, 3.63) is 48.7 Å². The number of likely N-dealkylation sites (N-methyl/N-ethyl adjacent to an activating group) is 2. The maximum Gasteiger partial charge on any atom is 0.268 e. The molecule has 5 rings (SSSR count). The summed E-state index contributed by atoms with van der Waals surface area (Å²) in [6.07, 6.45) is 1.64. The highest BCUT2D eigenvalue weighted by Crippen LogP contribution is 2.34. The third-order valence-corrected chi connectivity index (χ3v) is 7.78. The Morgan fingerprint density at radius 1 is 0.900 bits per heavy atom. The molecule has 0 amide bonds. The molecular formula is C22H26N4O3S. The highest BCUT2D eigenvalue weighted by Gasteiger charge is 2.24. The minimum absolute atomic E-state index is 0.235. The number of anilines is 2. The van der Waals surface area contributed by atoms with E-state index in [1.165, 1.54) is 3.97 Å². The van der Waals surface area contributed by atoms with Crippen molar-refractivity contribution in [2.24, 2.45) is 0 Å². The summed E-state index contributed by atoms with van der Waals surface area (Å²) in [5.41, 5.74) is 2.67. The fraction of sp³-hybridized carbons (Fsp3) is 0.364. The predicted molar refractivity (Wildman–Crippen MR) is 119 cm³/mol. The minimum Gasteiger partial charge on any atom is -0.490 e. The monoisotopic (exact) mass is 426 g/mol. The Labute approximate surface area is 177 Å². The number of hydrogen-bond acceptors (Lipinski definition) is 6. The van der Waals surface area contributed by atoms with Crippen LogP contribution in [0.5, 0.6) is 5.75 Å². The first-order chi connectivity index (χ1) is 14.4. The SMILES string of the molecule is CN1CCN(c2ccc3ccn(S(=O)(=O)c4ccc5c(c4)OCCN5C)c3c2)CC1. The van der Waals surface area contributed by atoms with Crippen molar-refractivity contribution >= 4 is 32.3 Å². The lowest BCUT2D eigenvalue weighted by atomic mass is 10.2. The van der Waals surface area contributed by atoms with Crippen LogP contribution in [0, 0.1) is 0 Å². The van der Waals surface area contributed by atoms with Gasteiger partial charge in [-0.15, -0.1) is 0 Å². The van der Waals surface area contributed by atoms with Crippen molar-refractivity contribution < 1.29 is 13.2 Å². The summed E-state index contributed by atoms with van der Waals surface area (Å²) >= 11 is 0. The van der Waals surface area contributed by atoms with E-state index in [0.717, 1.165) is 49.5 Å². The van der Waals surface area contributed by atoms with Gasteiger partial charge in [-0.3, -0.25) is 0 Å². The normalized spacial score (nSPS) is 17.8. The van der Waals surface area contributed by atoms with Crippen LogP contribution in [0.1, 0.15) is 0 Å². The van der Waals surface area contributed by atoms with E-state index >= 15 is 0 Å². The van der Waals surface area contributed by atoms with Crippen LogP contribution in [0.2, 0.25) is 0 Å². The third-order valence-electron chi connectivity index (χ3n) is 6.09. The molecule has 1 saturated heterocycles. The Morgan fingerprint density at radius 3 is 2.50 bits per heavy atom. The van der Waals surface area contributed by atoms with Gasteiger partial charge in [-0.25, -0.2) is 12.4 Å². The molecule has 0 unspecified atom stereocenters. The average Bonchev–Trinajstić information content (AvgIpc) is 3.18. The van der Waals surface area contributed by atoms with Gasteiger partial charge < -0.3 is 19.4 Å². The highest BCUT2D eigenvalue weighted by atomic mass is 32.2. The van der Waals surface area contributed by atoms with Gasteiger partial charge in [0.15, 0.2) is 0 Å². The summed E-state index contributed by atoms with van der Waals surface area (Å²) in [5, 5.41) is 0.908. The summed E-state index contributed by atoms with van der Waals surface area (Å²) in [6, 6.07) is 13.0. The minimum atomic E-state index is -3.74. The quantitative estimate of drug-likeness (QED) is 0.641. The van der Waals surface area contributed by atoms with Crippen LogP contribution in [0.25, 0.3) is 10.9 Å². The van der Waals surface area contributed by atoms with E-state index in [2.05, 4.69) is 27.8 Å². The molecule has 2 aliphatic heterocycles. The van der Waals surface area contributed by atoms with Gasteiger partial charge in [0.2, 0.25) is 0 Å². The first-order valence-electron chi connectivity index (χ1n) is 10.2. The van der Waals surface area contributed by atoms with Gasteiger partial charge in [-0.1, -0.05) is 6.07 Å². The van der Waals surface area contributed by atoms with E-state index in [9.17, 15) is 8.42 Å². The zero-order valence-corrected chi connectivity index (χ0v) is 18.1. The lowest BCUT2D eigenvalue weighted by Crippen LogP contribution is -2.44. The second-order valence-electron chi connectivity index (χ2n) is 8.05. The molecular weight excluding hydrogens is 400 g/mol. The zero-order chi connectivity index (χ0) is 20.9. The number of aromatic nitrogens is 1. The molecule has 1 aromatic heterocycles. The molecule has 0 atom stereocenters. The second kappa shape index (κ2) is 7.21. The molecule has 3 aromatic rings. The van der Waals surface area contributed by atoms with Crippen LogP contribution in [-0.2, 0) is 10.0 Å². The van der Waals surface area contributed by atoms with E-state index in [0.29, 0.717) is 17.9 Å². The second-order valence-corrected chi connectivity index (χ2v) is 9.86. The molecule has 0 saturated carbocycles. The topological polar surface area (TPSA) is 58.0 Å². The number of ether oxygens (including phenoxy) is 1. The summed E-state index contributed by atoms with van der Waals surface area (Å²) in [5.74, 6) is 0.611. The number of rotatable bonds is 3. The maximum atomic E-state index is 13.5. The van der Waals surface area contributed by atoms with Crippen molar-refractivity contribution in [3.63, 3.8) is 0 Å². The first kappa shape index (κ1) is 19.3. The Balaban J connectivity index is 1.54. The van der Waals surface area contributed by atoms with E-state index in [-0.39, 0.29) is 4.90 Å². The fourth-order valence-electron chi connectivity index (χ4n) is 4.18. The standard InChI is InChI=1S/C22H26N4O3S/c1-23-9-11-25(12-10-23)18-4-3-17-7-8-26(21(17)15-18)30(27,28)19-5-6-20-22(16-19)29-14-13-24(20)2/h3-8,15-16H,9-14H2,1-2H3. The fourth-order valence-corrected chi connectivity index (χ4v) is 5.54. The van der Waals surface area contributed by atoms with Gasteiger partial charge in [0.25, 0.3) is 10.0 Å². The molecule has 0 N–H and O–H groups in total. The summed E-state index contributed by atoms with van der Waals surface area (Å²) in [4.78, 5) is 6.92. The van der Waals surface area contributed by atoms with Crippen LogP contribution >= 0.6 is 0 Å². The number of nitrogens with zero attached hydrogens (tertiary/aromatic N) is 4. The maximum absolute atomic E-state index is 13.5. The molecule has 0 aliphatic carbocycles. The number of hydrogen-bond donors (Lipinski definition) is 0. The van der Waals surface area contributed by atoms with E-state index in [1.807, 2.05) is 31.3 Å². The predicted octanol–water partition coefficient (Wildman–Crippen LogP) is 2.46. The Morgan fingerprint density at radius 2 is 1.70 bits per heavy atom. The molecule has 2 aliphatic rings. The van der Waals surface area contributed by atoms with E-state index < -0.39 is 10.0 Å². The number of piperazine rings is 1. The number of benzene rings is 2. The van der Waals surface area contributed by atoms with Crippen molar-refractivity contribution in [2.45, 2.75) is 4.90 Å². The highest BCUT2D eigenvalue weighted by molar-refractivity contribution is 7.90. The van der Waals surface area contributed by atoms with Crippen LogP contribution in [0.15, 0.2) is 53.6 Å². The van der Waals surface area contributed by atoms with Crippen molar-refractivity contribution in [2.75, 3.05) is 63.2 Å². The molecule has 0 spiro atoms. The smallest absolute Gasteiger partial charge is 0.268 e. The lowest BCUT2D eigenvalue weighted by molar-refractivity contribution is 0.310. The van der Waals surface area contributed by atoms with E-state index in [1.54, 1.807) is 18.3 Å². The van der Waals surface area contributed by atoms with Crippen molar-refractivity contribution in [1.29, 1.82) is 0 Å². The number of fused-ring (bicyclic) bond motifs is 2. The summed E-state index contributed by atoms with van der Waals surface area (Å²) < 4.78 is 34.1. The first-order valence-corrected chi connectivity index (χ1v) is 11.7.